The van der Waals surface area contributed by atoms with Gasteiger partial charge in [-0.1, -0.05) is 0 Å². The number of benzene rings is 1. The van der Waals surface area contributed by atoms with Crippen LogP contribution in [0, 0.1) is 11.7 Å². The number of rotatable bonds is 2. The molecule has 2 N–H and O–H groups in total. The summed E-state index contributed by atoms with van der Waals surface area (Å²) in [6, 6.07) is 1.92. The van der Waals surface area contributed by atoms with Crippen molar-refractivity contribution in [3.8, 4) is 0 Å². The molecule has 1 amide bonds. The number of hydrogen-bond donors (Lipinski definition) is 1. The Balaban J connectivity index is 2.18. The molecule has 0 unspecified atom stereocenters. The number of halogens is 4. The zero-order chi connectivity index (χ0) is 15.6. The van der Waals surface area contributed by atoms with Crippen LogP contribution in [0.3, 0.4) is 0 Å². The van der Waals surface area contributed by atoms with Crippen molar-refractivity contribution in [1.29, 1.82) is 0 Å². The molecule has 2 rings (SSSR count). The molecular formula is C14H16F4N2O. The average molecular weight is 304 g/mol. The van der Waals surface area contributed by atoms with Crippen LogP contribution < -0.4 is 5.73 Å². The third-order valence-corrected chi connectivity index (χ3v) is 3.71. The minimum Gasteiger partial charge on any atom is -0.339 e. The van der Waals surface area contributed by atoms with E-state index in [1.807, 2.05) is 0 Å². The van der Waals surface area contributed by atoms with Gasteiger partial charge in [-0.25, -0.2) is 4.39 Å². The Morgan fingerprint density at radius 2 is 1.86 bits per heavy atom. The first-order chi connectivity index (χ1) is 9.81. The Morgan fingerprint density at radius 3 is 2.38 bits per heavy atom. The number of likely N-dealkylation sites (tertiary alicyclic amines) is 1. The predicted octanol–water partition coefficient (Wildman–Crippen LogP) is 2.66. The quantitative estimate of drug-likeness (QED) is 0.854. The van der Waals surface area contributed by atoms with Crippen molar-refractivity contribution < 1.29 is 22.4 Å². The van der Waals surface area contributed by atoms with Gasteiger partial charge in [0.15, 0.2) is 0 Å². The Morgan fingerprint density at radius 1 is 1.24 bits per heavy atom. The standard InChI is InChI=1S/C14H16F4N2O/c15-12-6-10(5-11(7-12)14(16,17)18)13(21)20-3-1-9(8-19)2-4-20/h5-7,9H,1-4,8,19H2. The molecule has 1 aromatic rings. The molecule has 0 radical (unpaired) electrons. The zero-order valence-corrected chi connectivity index (χ0v) is 11.3. The van der Waals surface area contributed by atoms with E-state index in [4.69, 9.17) is 5.73 Å². The van der Waals surface area contributed by atoms with E-state index in [0.717, 1.165) is 6.07 Å². The van der Waals surface area contributed by atoms with E-state index in [0.29, 0.717) is 50.5 Å². The molecule has 0 bridgehead atoms. The van der Waals surface area contributed by atoms with Crippen LogP contribution in [-0.4, -0.2) is 30.4 Å². The second-order valence-corrected chi connectivity index (χ2v) is 5.20. The van der Waals surface area contributed by atoms with Crippen LogP contribution in [0.5, 0.6) is 0 Å². The van der Waals surface area contributed by atoms with Gasteiger partial charge in [0.2, 0.25) is 0 Å². The summed E-state index contributed by atoms with van der Waals surface area (Å²) in [5.41, 5.74) is 4.13. The highest BCUT2D eigenvalue weighted by Gasteiger charge is 2.32. The van der Waals surface area contributed by atoms with Crippen molar-refractivity contribution in [2.24, 2.45) is 11.7 Å². The number of nitrogens with zero attached hydrogens (tertiary/aromatic N) is 1. The lowest BCUT2D eigenvalue weighted by Crippen LogP contribution is -2.40. The molecule has 1 aromatic carbocycles. The number of alkyl halides is 3. The van der Waals surface area contributed by atoms with Gasteiger partial charge in [-0.15, -0.1) is 0 Å². The van der Waals surface area contributed by atoms with Crippen LogP contribution in [0.25, 0.3) is 0 Å². The van der Waals surface area contributed by atoms with Crippen LogP contribution in [0.4, 0.5) is 17.6 Å². The Hall–Kier alpha value is -1.63. The fourth-order valence-corrected chi connectivity index (χ4v) is 2.43. The number of piperidine rings is 1. The second-order valence-electron chi connectivity index (χ2n) is 5.20. The zero-order valence-electron chi connectivity index (χ0n) is 11.3. The maximum Gasteiger partial charge on any atom is 0.416 e. The highest BCUT2D eigenvalue weighted by Crippen LogP contribution is 2.31. The van der Waals surface area contributed by atoms with Gasteiger partial charge in [-0.05, 0) is 43.5 Å². The van der Waals surface area contributed by atoms with E-state index >= 15 is 0 Å². The molecule has 21 heavy (non-hydrogen) atoms. The molecule has 3 nitrogen and oxygen atoms in total. The van der Waals surface area contributed by atoms with E-state index in [-0.39, 0.29) is 5.56 Å². The summed E-state index contributed by atoms with van der Waals surface area (Å²) in [5.74, 6) is -1.31. The van der Waals surface area contributed by atoms with Gasteiger partial charge >= 0.3 is 6.18 Å². The van der Waals surface area contributed by atoms with Gasteiger partial charge in [-0.3, -0.25) is 4.79 Å². The molecule has 1 fully saturated rings. The lowest BCUT2D eigenvalue weighted by atomic mass is 9.96. The summed E-state index contributed by atoms with van der Waals surface area (Å²) in [4.78, 5) is 13.6. The second kappa shape index (κ2) is 6.01. The topological polar surface area (TPSA) is 46.3 Å². The molecular weight excluding hydrogens is 288 g/mol. The summed E-state index contributed by atoms with van der Waals surface area (Å²) < 4.78 is 51.3. The summed E-state index contributed by atoms with van der Waals surface area (Å²) in [5, 5.41) is 0. The molecule has 0 spiro atoms. The molecule has 1 aliphatic heterocycles. The van der Waals surface area contributed by atoms with Crippen molar-refractivity contribution >= 4 is 5.91 Å². The van der Waals surface area contributed by atoms with Gasteiger partial charge in [0.05, 0.1) is 5.56 Å². The van der Waals surface area contributed by atoms with Crippen LogP contribution >= 0.6 is 0 Å². The van der Waals surface area contributed by atoms with Gasteiger partial charge in [0.1, 0.15) is 5.82 Å². The summed E-state index contributed by atoms with van der Waals surface area (Å²) >= 11 is 0. The van der Waals surface area contributed by atoms with Crippen molar-refractivity contribution in [3.63, 3.8) is 0 Å². The van der Waals surface area contributed by atoms with Gasteiger partial charge < -0.3 is 10.6 Å². The van der Waals surface area contributed by atoms with Gasteiger partial charge in [-0.2, -0.15) is 13.2 Å². The van der Waals surface area contributed by atoms with Crippen LogP contribution in [0.15, 0.2) is 18.2 Å². The first-order valence-electron chi connectivity index (χ1n) is 6.68. The van der Waals surface area contributed by atoms with Crippen LogP contribution in [0.1, 0.15) is 28.8 Å². The Labute approximate surface area is 119 Å². The molecule has 1 heterocycles. The largest absolute Gasteiger partial charge is 0.416 e. The van der Waals surface area contributed by atoms with Gasteiger partial charge in [0, 0.05) is 18.7 Å². The van der Waals surface area contributed by atoms with E-state index in [1.54, 1.807) is 0 Å². The lowest BCUT2D eigenvalue weighted by Gasteiger charge is -2.31. The SMILES string of the molecule is NCC1CCN(C(=O)c2cc(F)cc(C(F)(F)F)c2)CC1. The van der Waals surface area contributed by atoms with Crippen molar-refractivity contribution in [1.82, 2.24) is 4.90 Å². The minimum absolute atomic E-state index is 0.270. The highest BCUT2D eigenvalue weighted by molar-refractivity contribution is 5.94. The third-order valence-electron chi connectivity index (χ3n) is 3.71. The summed E-state index contributed by atoms with van der Waals surface area (Å²) in [7, 11) is 0. The van der Waals surface area contributed by atoms with Gasteiger partial charge in [0.25, 0.3) is 5.91 Å². The number of carbonyl (C=O) groups is 1. The van der Waals surface area contributed by atoms with Crippen LogP contribution in [0.2, 0.25) is 0 Å². The number of hydrogen-bond acceptors (Lipinski definition) is 2. The summed E-state index contributed by atoms with van der Waals surface area (Å²) in [6.07, 6.45) is -3.25. The van der Waals surface area contributed by atoms with E-state index in [9.17, 15) is 22.4 Å². The highest BCUT2D eigenvalue weighted by atomic mass is 19.4. The molecule has 1 aliphatic rings. The Kier molecular flexibility index (Phi) is 4.51. The maximum atomic E-state index is 13.3. The summed E-state index contributed by atoms with van der Waals surface area (Å²) in [6.45, 7) is 1.39. The lowest BCUT2D eigenvalue weighted by molar-refractivity contribution is -0.137. The van der Waals surface area contributed by atoms with Crippen molar-refractivity contribution in [3.05, 3.63) is 35.1 Å². The van der Waals surface area contributed by atoms with Crippen LogP contribution in [-0.2, 0) is 6.18 Å². The molecule has 0 aromatic heterocycles. The van der Waals surface area contributed by atoms with E-state index in [1.165, 1.54) is 4.90 Å². The molecule has 116 valence electrons. The first kappa shape index (κ1) is 15.8. The third kappa shape index (κ3) is 3.72. The number of amides is 1. The molecule has 0 atom stereocenters. The van der Waals surface area contributed by atoms with Crippen molar-refractivity contribution in [2.45, 2.75) is 19.0 Å². The molecule has 1 saturated heterocycles. The smallest absolute Gasteiger partial charge is 0.339 e. The molecule has 7 heteroatoms. The number of carbonyl (C=O) groups excluding carboxylic acids is 1. The normalized spacial score (nSPS) is 17.1. The first-order valence-corrected chi connectivity index (χ1v) is 6.68. The predicted molar refractivity (Wildman–Crippen MR) is 69.1 cm³/mol. The van der Waals surface area contributed by atoms with E-state index in [2.05, 4.69) is 0 Å². The fourth-order valence-electron chi connectivity index (χ4n) is 2.43. The molecule has 0 aliphatic carbocycles. The maximum absolute atomic E-state index is 13.3. The monoisotopic (exact) mass is 304 g/mol. The molecule has 0 saturated carbocycles. The average Bonchev–Trinajstić information content (AvgIpc) is 2.45. The minimum atomic E-state index is -4.68. The van der Waals surface area contributed by atoms with Crippen molar-refractivity contribution in [2.75, 3.05) is 19.6 Å². The number of nitrogens with two attached hydrogens (primary N) is 1. The Bertz CT molecular complexity index is 522. The fraction of sp³-hybridized carbons (Fsp3) is 0.500. The van der Waals surface area contributed by atoms with E-state index < -0.39 is 23.5 Å².